The smallest absolute Gasteiger partial charge is 0.311 e. The lowest BCUT2D eigenvalue weighted by molar-refractivity contribution is -0.152. The van der Waals surface area contributed by atoms with Crippen LogP contribution < -0.4 is 0 Å². The summed E-state index contributed by atoms with van der Waals surface area (Å²) in [6, 6.07) is 0. The van der Waals surface area contributed by atoms with E-state index in [4.69, 9.17) is 9.84 Å². The fourth-order valence-corrected chi connectivity index (χ4v) is 1.62. The SMILES string of the molecule is CC(C)(COC1CCCCC1)C(=O)O. The molecule has 0 aliphatic heterocycles. The van der Waals surface area contributed by atoms with Gasteiger partial charge in [0.1, 0.15) is 0 Å². The summed E-state index contributed by atoms with van der Waals surface area (Å²) in [5, 5.41) is 8.89. The Balaban J connectivity index is 2.28. The molecule has 14 heavy (non-hydrogen) atoms. The van der Waals surface area contributed by atoms with Gasteiger partial charge in [-0.05, 0) is 26.7 Å². The average molecular weight is 200 g/mol. The zero-order valence-corrected chi connectivity index (χ0v) is 9.08. The molecular weight excluding hydrogens is 180 g/mol. The minimum atomic E-state index is -0.784. The molecule has 1 rings (SSSR count). The summed E-state index contributed by atoms with van der Waals surface area (Å²) in [5.74, 6) is -0.784. The van der Waals surface area contributed by atoms with E-state index in [0.717, 1.165) is 12.8 Å². The number of hydrogen-bond acceptors (Lipinski definition) is 2. The fourth-order valence-electron chi connectivity index (χ4n) is 1.62. The van der Waals surface area contributed by atoms with Crippen LogP contribution in [0, 0.1) is 5.41 Å². The maximum absolute atomic E-state index is 10.8. The van der Waals surface area contributed by atoms with Crippen molar-refractivity contribution in [2.24, 2.45) is 5.41 Å². The number of carboxylic acid groups (broad SMARTS) is 1. The van der Waals surface area contributed by atoms with Crippen LogP contribution in [0.5, 0.6) is 0 Å². The van der Waals surface area contributed by atoms with Crippen LogP contribution in [0.4, 0.5) is 0 Å². The van der Waals surface area contributed by atoms with Gasteiger partial charge < -0.3 is 9.84 Å². The molecule has 1 saturated carbocycles. The van der Waals surface area contributed by atoms with Crippen LogP contribution in [0.1, 0.15) is 46.0 Å². The first kappa shape index (κ1) is 11.5. The van der Waals surface area contributed by atoms with Gasteiger partial charge in [0.05, 0.1) is 18.1 Å². The Morgan fingerprint density at radius 2 is 1.93 bits per heavy atom. The standard InChI is InChI=1S/C11H20O3/c1-11(2,10(12)13)8-14-9-6-4-3-5-7-9/h9H,3-8H2,1-2H3,(H,12,13). The van der Waals surface area contributed by atoms with Crippen LogP contribution in [0.2, 0.25) is 0 Å². The molecule has 0 aromatic rings. The predicted octanol–water partition coefficient (Wildman–Crippen LogP) is 2.45. The molecule has 0 radical (unpaired) electrons. The first-order valence-corrected chi connectivity index (χ1v) is 5.37. The van der Waals surface area contributed by atoms with Crippen molar-refractivity contribution in [1.29, 1.82) is 0 Å². The lowest BCUT2D eigenvalue weighted by Gasteiger charge is -2.26. The van der Waals surface area contributed by atoms with Gasteiger partial charge in [-0.3, -0.25) is 4.79 Å². The highest BCUT2D eigenvalue weighted by atomic mass is 16.5. The van der Waals surface area contributed by atoms with Crippen LogP contribution in [-0.2, 0) is 9.53 Å². The van der Waals surface area contributed by atoms with Gasteiger partial charge in [0, 0.05) is 0 Å². The van der Waals surface area contributed by atoms with Gasteiger partial charge in [-0.1, -0.05) is 19.3 Å². The van der Waals surface area contributed by atoms with Crippen molar-refractivity contribution in [2.45, 2.75) is 52.1 Å². The Morgan fingerprint density at radius 1 is 1.36 bits per heavy atom. The molecule has 0 aromatic carbocycles. The van der Waals surface area contributed by atoms with Gasteiger partial charge in [0.15, 0.2) is 0 Å². The Hall–Kier alpha value is -0.570. The second-order valence-corrected chi connectivity index (χ2v) is 4.76. The molecule has 0 bridgehead atoms. The minimum Gasteiger partial charge on any atom is -0.481 e. The summed E-state index contributed by atoms with van der Waals surface area (Å²) in [7, 11) is 0. The van der Waals surface area contributed by atoms with Crippen molar-refractivity contribution >= 4 is 5.97 Å². The molecule has 0 amide bonds. The molecule has 3 nitrogen and oxygen atoms in total. The van der Waals surface area contributed by atoms with E-state index in [1.165, 1.54) is 19.3 Å². The van der Waals surface area contributed by atoms with Crippen LogP contribution in [-0.4, -0.2) is 23.8 Å². The summed E-state index contributed by atoms with van der Waals surface area (Å²) in [6.07, 6.45) is 6.21. The monoisotopic (exact) mass is 200 g/mol. The molecule has 82 valence electrons. The predicted molar refractivity (Wildman–Crippen MR) is 54.2 cm³/mol. The van der Waals surface area contributed by atoms with E-state index < -0.39 is 11.4 Å². The summed E-state index contributed by atoms with van der Waals surface area (Å²) in [4.78, 5) is 10.8. The maximum atomic E-state index is 10.8. The molecule has 1 aliphatic rings. The average Bonchev–Trinajstić information content (AvgIpc) is 2.16. The Bertz CT molecular complexity index is 193. The molecule has 0 atom stereocenters. The van der Waals surface area contributed by atoms with Crippen LogP contribution in [0.15, 0.2) is 0 Å². The number of aliphatic carboxylic acids is 1. The van der Waals surface area contributed by atoms with Gasteiger partial charge in [0.25, 0.3) is 0 Å². The summed E-state index contributed by atoms with van der Waals surface area (Å²) < 4.78 is 5.63. The molecule has 0 heterocycles. The zero-order chi connectivity index (χ0) is 10.6. The topological polar surface area (TPSA) is 46.5 Å². The summed E-state index contributed by atoms with van der Waals surface area (Å²) >= 11 is 0. The van der Waals surface area contributed by atoms with E-state index in [9.17, 15) is 4.79 Å². The largest absolute Gasteiger partial charge is 0.481 e. The Morgan fingerprint density at radius 3 is 2.43 bits per heavy atom. The first-order chi connectivity index (χ1) is 6.52. The molecule has 1 fully saturated rings. The van der Waals surface area contributed by atoms with E-state index in [-0.39, 0.29) is 0 Å². The van der Waals surface area contributed by atoms with Crippen molar-refractivity contribution < 1.29 is 14.6 Å². The lowest BCUT2D eigenvalue weighted by Crippen LogP contribution is -2.32. The molecule has 1 N–H and O–H groups in total. The normalized spacial score (nSPS) is 19.6. The second-order valence-electron chi connectivity index (χ2n) is 4.76. The van der Waals surface area contributed by atoms with Crippen LogP contribution in [0.25, 0.3) is 0 Å². The summed E-state index contributed by atoms with van der Waals surface area (Å²) in [6.45, 7) is 3.74. The number of rotatable bonds is 4. The second kappa shape index (κ2) is 4.78. The van der Waals surface area contributed by atoms with E-state index >= 15 is 0 Å². The molecule has 3 heteroatoms. The van der Waals surface area contributed by atoms with E-state index in [0.29, 0.717) is 12.7 Å². The highest BCUT2D eigenvalue weighted by molar-refractivity contribution is 5.73. The van der Waals surface area contributed by atoms with Crippen molar-refractivity contribution in [2.75, 3.05) is 6.61 Å². The van der Waals surface area contributed by atoms with Gasteiger partial charge in [-0.2, -0.15) is 0 Å². The lowest BCUT2D eigenvalue weighted by atomic mass is 9.94. The molecule has 0 spiro atoms. The molecular formula is C11H20O3. The minimum absolute atomic E-state index is 0.294. The number of ether oxygens (including phenoxy) is 1. The number of hydrogen-bond donors (Lipinski definition) is 1. The molecule has 0 unspecified atom stereocenters. The third kappa shape index (κ3) is 3.29. The molecule has 1 aliphatic carbocycles. The molecule has 0 aromatic heterocycles. The van der Waals surface area contributed by atoms with Gasteiger partial charge >= 0.3 is 5.97 Å². The van der Waals surface area contributed by atoms with Gasteiger partial charge in [-0.15, -0.1) is 0 Å². The van der Waals surface area contributed by atoms with Gasteiger partial charge in [0.2, 0.25) is 0 Å². The van der Waals surface area contributed by atoms with Crippen LogP contribution >= 0.6 is 0 Å². The quantitative estimate of drug-likeness (QED) is 0.758. The third-order valence-electron chi connectivity index (χ3n) is 2.81. The number of carbonyl (C=O) groups is 1. The van der Waals surface area contributed by atoms with Crippen LogP contribution in [0.3, 0.4) is 0 Å². The fraction of sp³-hybridized carbons (Fsp3) is 0.909. The maximum Gasteiger partial charge on any atom is 0.311 e. The Kier molecular flexibility index (Phi) is 3.93. The van der Waals surface area contributed by atoms with Crippen molar-refractivity contribution in [3.8, 4) is 0 Å². The third-order valence-corrected chi connectivity index (χ3v) is 2.81. The molecule has 0 saturated heterocycles. The highest BCUT2D eigenvalue weighted by Gasteiger charge is 2.29. The number of carboxylic acids is 1. The van der Waals surface area contributed by atoms with Crippen molar-refractivity contribution in [3.05, 3.63) is 0 Å². The van der Waals surface area contributed by atoms with Crippen molar-refractivity contribution in [3.63, 3.8) is 0 Å². The zero-order valence-electron chi connectivity index (χ0n) is 9.08. The van der Waals surface area contributed by atoms with E-state index in [2.05, 4.69) is 0 Å². The summed E-state index contributed by atoms with van der Waals surface area (Å²) in [5.41, 5.74) is -0.753. The van der Waals surface area contributed by atoms with Gasteiger partial charge in [-0.25, -0.2) is 0 Å². The van der Waals surface area contributed by atoms with E-state index in [1.54, 1.807) is 13.8 Å². The first-order valence-electron chi connectivity index (χ1n) is 5.37. The highest BCUT2D eigenvalue weighted by Crippen LogP contribution is 2.23. The Labute approximate surface area is 85.5 Å². The van der Waals surface area contributed by atoms with E-state index in [1.807, 2.05) is 0 Å². The van der Waals surface area contributed by atoms with Crippen molar-refractivity contribution in [1.82, 2.24) is 0 Å².